The monoisotopic (exact) mass is 541 g/mol. The maximum atomic E-state index is 13.6. The summed E-state index contributed by atoms with van der Waals surface area (Å²) in [6.07, 6.45) is -0.0332. The fraction of sp³-hybridized carbons (Fsp3) is 0.667. The normalized spacial score (nSPS) is 13.2. The van der Waals surface area contributed by atoms with Gasteiger partial charge in [0.25, 0.3) is 0 Å². The third kappa shape index (κ3) is 7.73. The molecule has 0 radical (unpaired) electrons. The molecule has 0 aliphatic heterocycles. The van der Waals surface area contributed by atoms with Crippen molar-refractivity contribution >= 4 is 17.9 Å². The molecule has 0 fully saturated rings. The largest absolute Gasteiger partial charge is 0.493 e. The summed E-state index contributed by atoms with van der Waals surface area (Å²) in [4.78, 5) is 40.4. The maximum absolute atomic E-state index is 13.6. The molecule has 2 N–H and O–H groups in total. The van der Waals surface area contributed by atoms with E-state index in [1.807, 2.05) is 6.92 Å². The maximum Gasteiger partial charge on any atom is 0.354 e. The van der Waals surface area contributed by atoms with Crippen LogP contribution in [-0.2, 0) is 38.7 Å². The van der Waals surface area contributed by atoms with Gasteiger partial charge < -0.3 is 33.2 Å². The molecule has 0 spiro atoms. The zero-order chi connectivity index (χ0) is 29.1. The Morgan fingerprint density at radius 1 is 0.789 bits per heavy atom. The Hall–Kier alpha value is -3.05. The lowest BCUT2D eigenvalue weighted by molar-refractivity contribution is -0.187. The van der Waals surface area contributed by atoms with Crippen LogP contribution >= 0.6 is 0 Å². The molecule has 0 amide bonds. The van der Waals surface area contributed by atoms with Gasteiger partial charge in [0.2, 0.25) is 11.5 Å². The van der Waals surface area contributed by atoms with Gasteiger partial charge in [0, 0.05) is 13.0 Å². The third-order valence-electron chi connectivity index (χ3n) is 5.58. The topological polar surface area (TPSA) is 142 Å². The standard InChI is InChI=1S/C27H43NO10/c1-10-15-37-27(28,24(31)38-25(4,5)6)14-13-26(22(29)35-11-2,23(30)36-12-3)18-16-19(32-7)21(34-9)20(17-18)33-8/h16-17H,10-15,28H2,1-9H3. The van der Waals surface area contributed by atoms with Gasteiger partial charge in [-0.1, -0.05) is 6.92 Å². The third-order valence-corrected chi connectivity index (χ3v) is 5.58. The van der Waals surface area contributed by atoms with Crippen LogP contribution in [0.4, 0.5) is 0 Å². The predicted octanol–water partition coefficient (Wildman–Crippen LogP) is 3.28. The van der Waals surface area contributed by atoms with E-state index in [4.69, 9.17) is 38.9 Å². The molecule has 0 aromatic heterocycles. The first-order valence-corrected chi connectivity index (χ1v) is 12.6. The highest BCUT2D eigenvalue weighted by Crippen LogP contribution is 2.44. The van der Waals surface area contributed by atoms with E-state index in [0.29, 0.717) is 6.42 Å². The summed E-state index contributed by atoms with van der Waals surface area (Å²) in [6.45, 7) is 10.3. The number of benzene rings is 1. The van der Waals surface area contributed by atoms with Crippen LogP contribution in [0.2, 0.25) is 0 Å². The molecule has 38 heavy (non-hydrogen) atoms. The molecule has 0 bridgehead atoms. The van der Waals surface area contributed by atoms with Crippen molar-refractivity contribution in [3.63, 3.8) is 0 Å². The molecule has 0 heterocycles. The number of ether oxygens (including phenoxy) is 7. The van der Waals surface area contributed by atoms with E-state index in [1.54, 1.807) is 34.6 Å². The average Bonchev–Trinajstić information content (AvgIpc) is 2.86. The zero-order valence-corrected chi connectivity index (χ0v) is 24.1. The summed E-state index contributed by atoms with van der Waals surface area (Å²) >= 11 is 0. The number of methoxy groups -OCH3 is 3. The van der Waals surface area contributed by atoms with Crippen molar-refractivity contribution in [2.24, 2.45) is 5.73 Å². The minimum absolute atomic E-state index is 0.0173. The number of hydrogen-bond acceptors (Lipinski definition) is 11. The van der Waals surface area contributed by atoms with E-state index in [1.165, 1.54) is 33.5 Å². The van der Waals surface area contributed by atoms with E-state index in [9.17, 15) is 14.4 Å². The first-order chi connectivity index (χ1) is 17.8. The number of hydrogen-bond donors (Lipinski definition) is 1. The molecule has 216 valence electrons. The minimum Gasteiger partial charge on any atom is -0.493 e. The summed E-state index contributed by atoms with van der Waals surface area (Å²) in [6, 6.07) is 2.93. The van der Waals surface area contributed by atoms with Gasteiger partial charge in [-0.05, 0) is 65.2 Å². The molecule has 1 aromatic carbocycles. The molecular weight excluding hydrogens is 498 g/mol. The lowest BCUT2D eigenvalue weighted by atomic mass is 9.75. The van der Waals surface area contributed by atoms with Gasteiger partial charge in [-0.25, -0.2) is 4.79 Å². The van der Waals surface area contributed by atoms with Crippen molar-refractivity contribution in [3.05, 3.63) is 17.7 Å². The van der Waals surface area contributed by atoms with Crippen LogP contribution in [0.3, 0.4) is 0 Å². The molecule has 1 atom stereocenters. The van der Waals surface area contributed by atoms with Gasteiger partial charge in [0.15, 0.2) is 16.9 Å². The van der Waals surface area contributed by atoms with Gasteiger partial charge in [-0.3, -0.25) is 15.3 Å². The number of carbonyl (C=O) groups is 3. The quantitative estimate of drug-likeness (QED) is 0.151. The molecule has 11 heteroatoms. The molecular formula is C27H43NO10. The minimum atomic E-state index is -2.05. The van der Waals surface area contributed by atoms with Crippen molar-refractivity contribution in [3.8, 4) is 17.2 Å². The highest BCUT2D eigenvalue weighted by Gasteiger charge is 2.53. The number of rotatable bonds is 15. The smallest absolute Gasteiger partial charge is 0.354 e. The molecule has 0 saturated carbocycles. The van der Waals surface area contributed by atoms with E-state index in [-0.39, 0.29) is 55.5 Å². The Morgan fingerprint density at radius 2 is 1.29 bits per heavy atom. The van der Waals surface area contributed by atoms with Crippen LogP contribution in [0.5, 0.6) is 17.2 Å². The van der Waals surface area contributed by atoms with Gasteiger partial charge in [-0.2, -0.15) is 0 Å². The fourth-order valence-electron chi connectivity index (χ4n) is 3.76. The van der Waals surface area contributed by atoms with Crippen molar-refractivity contribution < 1.29 is 47.5 Å². The number of nitrogens with two attached hydrogens (primary N) is 1. The van der Waals surface area contributed by atoms with Crippen molar-refractivity contribution in [1.82, 2.24) is 0 Å². The number of carbonyl (C=O) groups excluding carboxylic acids is 3. The van der Waals surface area contributed by atoms with Crippen LogP contribution in [0.1, 0.15) is 66.4 Å². The van der Waals surface area contributed by atoms with Crippen LogP contribution < -0.4 is 19.9 Å². The van der Waals surface area contributed by atoms with E-state index in [2.05, 4.69) is 0 Å². The Kier molecular flexibility index (Phi) is 12.3. The average molecular weight is 542 g/mol. The van der Waals surface area contributed by atoms with Gasteiger partial charge >= 0.3 is 17.9 Å². The molecule has 11 nitrogen and oxygen atoms in total. The summed E-state index contributed by atoms with van der Waals surface area (Å²) in [5.41, 5.74) is 1.73. The molecule has 1 rings (SSSR count). The fourth-order valence-corrected chi connectivity index (χ4v) is 3.76. The highest BCUT2D eigenvalue weighted by molar-refractivity contribution is 6.06. The molecule has 0 aliphatic rings. The Bertz CT molecular complexity index is 913. The second-order valence-corrected chi connectivity index (χ2v) is 9.50. The molecule has 1 unspecified atom stereocenters. The highest BCUT2D eigenvalue weighted by atomic mass is 16.6. The number of esters is 3. The first kappa shape index (κ1) is 33.0. The Morgan fingerprint density at radius 3 is 1.66 bits per heavy atom. The van der Waals surface area contributed by atoms with Crippen molar-refractivity contribution in [1.29, 1.82) is 0 Å². The van der Waals surface area contributed by atoms with Gasteiger partial charge in [0.05, 0.1) is 34.5 Å². The van der Waals surface area contributed by atoms with Crippen LogP contribution in [0.15, 0.2) is 12.1 Å². The molecule has 0 aliphatic carbocycles. The second kappa shape index (κ2) is 14.2. The lowest BCUT2D eigenvalue weighted by Crippen LogP contribution is -2.56. The van der Waals surface area contributed by atoms with Gasteiger partial charge in [-0.15, -0.1) is 0 Å². The van der Waals surface area contributed by atoms with Gasteiger partial charge in [0.1, 0.15) is 5.60 Å². The summed E-state index contributed by atoms with van der Waals surface area (Å²) in [5, 5.41) is 0. The van der Waals surface area contributed by atoms with Crippen LogP contribution in [0.25, 0.3) is 0 Å². The Labute approximate surface area is 225 Å². The summed E-state index contributed by atoms with van der Waals surface area (Å²) in [7, 11) is 4.24. The Balaban J connectivity index is 3.85. The SMILES string of the molecule is CCCOC(N)(CCC(C(=O)OCC)(C(=O)OCC)c1cc(OC)c(OC)c(OC)c1)C(=O)OC(C)(C)C. The second-order valence-electron chi connectivity index (χ2n) is 9.50. The van der Waals surface area contributed by atoms with E-state index < -0.39 is 34.6 Å². The van der Waals surface area contributed by atoms with E-state index in [0.717, 1.165) is 0 Å². The summed E-state index contributed by atoms with van der Waals surface area (Å²) in [5.74, 6) is -1.95. The van der Waals surface area contributed by atoms with Crippen LogP contribution in [-0.4, -0.2) is 70.4 Å². The molecule has 0 saturated heterocycles. The van der Waals surface area contributed by atoms with E-state index >= 15 is 0 Å². The van der Waals surface area contributed by atoms with Crippen molar-refractivity contribution in [2.45, 2.75) is 77.5 Å². The van der Waals surface area contributed by atoms with Crippen LogP contribution in [0, 0.1) is 0 Å². The lowest BCUT2D eigenvalue weighted by Gasteiger charge is -2.35. The zero-order valence-electron chi connectivity index (χ0n) is 24.1. The summed E-state index contributed by atoms with van der Waals surface area (Å²) < 4.78 is 38.3. The first-order valence-electron chi connectivity index (χ1n) is 12.6. The molecule has 1 aromatic rings. The van der Waals surface area contributed by atoms with Crippen molar-refractivity contribution in [2.75, 3.05) is 41.2 Å². The predicted molar refractivity (Wildman–Crippen MR) is 139 cm³/mol.